The number of halogens is 1. The van der Waals surface area contributed by atoms with E-state index in [0.717, 1.165) is 32.6 Å². The lowest BCUT2D eigenvalue weighted by Crippen LogP contribution is -1.97. The van der Waals surface area contributed by atoms with Gasteiger partial charge in [0, 0.05) is 22.1 Å². The van der Waals surface area contributed by atoms with Crippen LogP contribution in [0.2, 0.25) is 0 Å². The molecular formula is C15H13BrN4S3. The molecule has 0 radical (unpaired) electrons. The molecule has 23 heavy (non-hydrogen) atoms. The van der Waals surface area contributed by atoms with E-state index < -0.39 is 0 Å². The summed E-state index contributed by atoms with van der Waals surface area (Å²) in [7, 11) is 0. The van der Waals surface area contributed by atoms with E-state index in [2.05, 4.69) is 54.0 Å². The predicted molar refractivity (Wildman–Crippen MR) is 105 cm³/mol. The zero-order valence-corrected chi connectivity index (χ0v) is 16.3. The Bertz CT molecular complexity index is 940. The summed E-state index contributed by atoms with van der Waals surface area (Å²) in [4.78, 5) is 5.71. The highest BCUT2D eigenvalue weighted by Crippen LogP contribution is 2.41. The molecule has 0 aliphatic heterocycles. The van der Waals surface area contributed by atoms with Gasteiger partial charge in [-0.05, 0) is 34.5 Å². The minimum absolute atomic E-state index is 0.875. The molecule has 0 bridgehead atoms. The lowest BCUT2D eigenvalue weighted by atomic mass is 10.2. The van der Waals surface area contributed by atoms with E-state index in [9.17, 15) is 0 Å². The van der Waals surface area contributed by atoms with E-state index in [-0.39, 0.29) is 0 Å². The largest absolute Gasteiger partial charge is 0.377 e. The first kappa shape index (κ1) is 15.4. The topological polar surface area (TPSA) is 50.7 Å². The third kappa shape index (κ3) is 2.88. The van der Waals surface area contributed by atoms with E-state index in [1.165, 1.54) is 39.0 Å². The molecule has 118 valence electrons. The molecule has 0 atom stereocenters. The summed E-state index contributed by atoms with van der Waals surface area (Å²) in [6, 6.07) is 4.45. The van der Waals surface area contributed by atoms with Crippen LogP contribution in [-0.2, 0) is 0 Å². The summed E-state index contributed by atoms with van der Waals surface area (Å²) >= 11 is 8.28. The molecule has 4 rings (SSSR count). The van der Waals surface area contributed by atoms with E-state index in [4.69, 9.17) is 0 Å². The Hall–Kier alpha value is -1.09. The summed E-state index contributed by atoms with van der Waals surface area (Å²) in [5.74, 6) is 0. The van der Waals surface area contributed by atoms with Gasteiger partial charge in [-0.15, -0.1) is 22.7 Å². The van der Waals surface area contributed by atoms with Gasteiger partial charge in [-0.1, -0.05) is 13.3 Å². The van der Waals surface area contributed by atoms with Crippen LogP contribution < -0.4 is 5.32 Å². The van der Waals surface area contributed by atoms with Crippen molar-refractivity contribution in [1.82, 2.24) is 13.7 Å². The summed E-state index contributed by atoms with van der Waals surface area (Å²) in [5, 5.41) is 4.74. The van der Waals surface area contributed by atoms with Gasteiger partial charge in [0.15, 0.2) is 0 Å². The third-order valence-corrected chi connectivity index (χ3v) is 6.88. The van der Waals surface area contributed by atoms with E-state index >= 15 is 0 Å². The second-order valence-electron chi connectivity index (χ2n) is 5.15. The predicted octanol–water partition coefficient (Wildman–Crippen LogP) is 6.00. The first-order chi connectivity index (χ1) is 11.3. The van der Waals surface area contributed by atoms with Crippen molar-refractivity contribution in [3.05, 3.63) is 22.8 Å². The molecule has 4 nitrogen and oxygen atoms in total. The average Bonchev–Trinajstić information content (AvgIpc) is 3.22. The molecule has 0 unspecified atom stereocenters. The fourth-order valence-electron chi connectivity index (χ4n) is 2.35. The maximum absolute atomic E-state index is 4.56. The van der Waals surface area contributed by atoms with Crippen LogP contribution in [-0.4, -0.2) is 20.3 Å². The molecule has 8 heteroatoms. The monoisotopic (exact) mass is 424 g/mol. The van der Waals surface area contributed by atoms with Crippen molar-refractivity contribution in [2.24, 2.45) is 0 Å². The van der Waals surface area contributed by atoms with Gasteiger partial charge in [0.2, 0.25) is 0 Å². The molecule has 0 saturated carbocycles. The number of nitrogens with zero attached hydrogens (tertiary/aromatic N) is 3. The standard InChI is InChI=1S/C15H13BrN4S3/c1-2-3-4-17-12-6-10-9(22-12)5-11(21-10)14-15-13(19-23-20-15)8(16)7-18-14/h5-7,17H,2-4H2,1H3. The van der Waals surface area contributed by atoms with E-state index in [1.54, 1.807) is 22.7 Å². The second-order valence-corrected chi connectivity index (χ2v) is 8.70. The van der Waals surface area contributed by atoms with Crippen LogP contribution >= 0.6 is 50.3 Å². The van der Waals surface area contributed by atoms with Gasteiger partial charge in [-0.25, -0.2) is 0 Å². The maximum atomic E-state index is 4.56. The fourth-order valence-corrected chi connectivity index (χ4v) is 5.73. The molecule has 0 aliphatic rings. The van der Waals surface area contributed by atoms with Crippen molar-refractivity contribution in [2.75, 3.05) is 11.9 Å². The average molecular weight is 425 g/mol. The van der Waals surface area contributed by atoms with Crippen LogP contribution in [0.3, 0.4) is 0 Å². The Morgan fingerprint density at radius 3 is 2.78 bits per heavy atom. The Balaban J connectivity index is 1.70. The smallest absolute Gasteiger partial charge is 0.133 e. The number of thiophene rings is 2. The van der Waals surface area contributed by atoms with Crippen LogP contribution in [0.4, 0.5) is 5.00 Å². The van der Waals surface area contributed by atoms with Crippen LogP contribution in [0.25, 0.3) is 31.0 Å². The highest BCUT2D eigenvalue weighted by atomic mass is 79.9. The minimum Gasteiger partial charge on any atom is -0.377 e. The van der Waals surface area contributed by atoms with Crippen molar-refractivity contribution >= 4 is 75.8 Å². The third-order valence-electron chi connectivity index (χ3n) is 3.52. The van der Waals surface area contributed by atoms with Gasteiger partial charge in [0.05, 0.1) is 26.1 Å². The summed E-state index contributed by atoms with van der Waals surface area (Å²) < 4.78 is 12.2. The number of hydrogen-bond donors (Lipinski definition) is 1. The van der Waals surface area contributed by atoms with E-state index in [0.29, 0.717) is 0 Å². The zero-order valence-electron chi connectivity index (χ0n) is 12.3. The first-order valence-electron chi connectivity index (χ1n) is 7.30. The maximum Gasteiger partial charge on any atom is 0.133 e. The number of hydrogen-bond acceptors (Lipinski definition) is 7. The molecule has 4 aromatic heterocycles. The van der Waals surface area contributed by atoms with Gasteiger partial charge < -0.3 is 5.32 Å². The van der Waals surface area contributed by atoms with E-state index in [1.807, 2.05) is 6.20 Å². The molecule has 0 saturated heterocycles. The molecule has 4 heterocycles. The van der Waals surface area contributed by atoms with Crippen molar-refractivity contribution in [3.8, 4) is 10.6 Å². The molecule has 0 aliphatic carbocycles. The van der Waals surface area contributed by atoms with Crippen molar-refractivity contribution < 1.29 is 0 Å². The quantitative estimate of drug-likeness (QED) is 0.398. The Kier molecular flexibility index (Phi) is 4.31. The highest BCUT2D eigenvalue weighted by molar-refractivity contribution is 9.10. The molecular weight excluding hydrogens is 412 g/mol. The van der Waals surface area contributed by atoms with Crippen LogP contribution in [0.5, 0.6) is 0 Å². The molecule has 4 aromatic rings. The minimum atomic E-state index is 0.875. The van der Waals surface area contributed by atoms with Crippen LogP contribution in [0.1, 0.15) is 19.8 Å². The Morgan fingerprint density at radius 2 is 1.96 bits per heavy atom. The second kappa shape index (κ2) is 6.43. The van der Waals surface area contributed by atoms with Crippen molar-refractivity contribution in [1.29, 1.82) is 0 Å². The van der Waals surface area contributed by atoms with Gasteiger partial charge in [-0.3, -0.25) is 4.98 Å². The molecule has 0 fully saturated rings. The zero-order chi connectivity index (χ0) is 15.8. The molecule has 0 aromatic carbocycles. The van der Waals surface area contributed by atoms with Gasteiger partial charge in [0.25, 0.3) is 0 Å². The van der Waals surface area contributed by atoms with Gasteiger partial charge >= 0.3 is 0 Å². The van der Waals surface area contributed by atoms with Gasteiger partial charge in [0.1, 0.15) is 16.7 Å². The Morgan fingerprint density at radius 1 is 1.13 bits per heavy atom. The molecule has 0 spiro atoms. The highest BCUT2D eigenvalue weighted by Gasteiger charge is 2.15. The molecule has 0 amide bonds. The number of anilines is 1. The lowest BCUT2D eigenvalue weighted by molar-refractivity contribution is 0.836. The van der Waals surface area contributed by atoms with Crippen LogP contribution in [0, 0.1) is 0 Å². The number of fused-ring (bicyclic) bond motifs is 2. The number of unbranched alkanes of at least 4 members (excludes halogenated alkanes) is 1. The van der Waals surface area contributed by atoms with Crippen molar-refractivity contribution in [2.45, 2.75) is 19.8 Å². The normalized spacial score (nSPS) is 11.6. The summed E-state index contributed by atoms with van der Waals surface area (Å²) in [6.07, 6.45) is 4.23. The molecule has 1 N–H and O–H groups in total. The summed E-state index contributed by atoms with van der Waals surface area (Å²) in [6.45, 7) is 3.25. The number of rotatable bonds is 5. The number of nitrogens with one attached hydrogen (secondary N) is 1. The first-order valence-corrected chi connectivity index (χ1v) is 10.5. The van der Waals surface area contributed by atoms with Gasteiger partial charge in [-0.2, -0.15) is 8.75 Å². The SMILES string of the molecule is CCCCNc1cc2sc(-c3ncc(Br)c4nsnc34)cc2s1. The van der Waals surface area contributed by atoms with Crippen molar-refractivity contribution in [3.63, 3.8) is 0 Å². The number of aromatic nitrogens is 3. The Labute approximate surface area is 154 Å². The lowest BCUT2D eigenvalue weighted by Gasteiger charge is -2.00. The number of pyridine rings is 1. The summed E-state index contributed by atoms with van der Waals surface area (Å²) in [5.41, 5.74) is 2.68. The fraction of sp³-hybridized carbons (Fsp3) is 0.267. The van der Waals surface area contributed by atoms with Crippen LogP contribution in [0.15, 0.2) is 22.8 Å².